The van der Waals surface area contributed by atoms with Crippen LogP contribution in [-0.2, 0) is 4.79 Å². The number of nitrogens with zero attached hydrogens (tertiary/aromatic N) is 4. The van der Waals surface area contributed by atoms with Crippen LogP contribution in [0.1, 0.15) is 0 Å². The summed E-state index contributed by atoms with van der Waals surface area (Å²) >= 11 is 13.9. The van der Waals surface area contributed by atoms with Crippen molar-refractivity contribution in [3.63, 3.8) is 0 Å². The molecule has 0 aliphatic rings. The molecule has 0 radical (unpaired) electrons. The second-order valence-corrected chi connectivity index (χ2v) is 9.01. The zero-order valence-corrected chi connectivity index (χ0v) is 19.0. The standard InChI is InChI=1S/C19H11Cl2N5O4S2/c20-12-6-5-10(7-13(12)21)25-17(28)11-3-1-2-4-14(11)23-19(25)31-9-15(27)24-18-22-8-16(32-18)26(29)30/h1-8H,9H2,(H,22,24,27). The highest BCUT2D eigenvalue weighted by Crippen LogP contribution is 2.28. The first-order valence-electron chi connectivity index (χ1n) is 8.83. The number of halogens is 2. The normalized spacial score (nSPS) is 10.9. The van der Waals surface area contributed by atoms with Crippen molar-refractivity contribution in [1.82, 2.24) is 14.5 Å². The van der Waals surface area contributed by atoms with Crippen LogP contribution in [-0.4, -0.2) is 31.1 Å². The molecule has 0 atom stereocenters. The number of carbonyl (C=O) groups excluding carboxylic acids is 1. The van der Waals surface area contributed by atoms with Crippen molar-refractivity contribution in [3.8, 4) is 5.69 Å². The average Bonchev–Trinajstić information content (AvgIpc) is 3.23. The molecule has 0 aliphatic carbocycles. The number of aromatic nitrogens is 3. The van der Waals surface area contributed by atoms with E-state index in [2.05, 4.69) is 15.3 Å². The predicted octanol–water partition coefficient (Wildman–Crippen LogP) is 4.79. The number of hydrogen-bond acceptors (Lipinski definition) is 8. The molecule has 0 saturated carbocycles. The largest absolute Gasteiger partial charge is 0.345 e. The third-order valence-corrected chi connectivity index (χ3v) is 6.70. The van der Waals surface area contributed by atoms with Crippen LogP contribution in [0.4, 0.5) is 10.1 Å². The van der Waals surface area contributed by atoms with Crippen molar-refractivity contribution in [2.24, 2.45) is 0 Å². The molecule has 0 spiro atoms. The molecule has 1 amide bonds. The van der Waals surface area contributed by atoms with Crippen LogP contribution in [0.25, 0.3) is 16.6 Å². The van der Waals surface area contributed by atoms with Gasteiger partial charge in [0, 0.05) is 0 Å². The second kappa shape index (κ2) is 9.25. The van der Waals surface area contributed by atoms with E-state index >= 15 is 0 Å². The van der Waals surface area contributed by atoms with E-state index in [1.807, 2.05) is 0 Å². The molecule has 0 aliphatic heterocycles. The highest BCUT2D eigenvalue weighted by Gasteiger charge is 2.17. The van der Waals surface area contributed by atoms with Gasteiger partial charge in [-0.15, -0.1) is 0 Å². The molecule has 2 aromatic heterocycles. The van der Waals surface area contributed by atoms with Gasteiger partial charge in [-0.1, -0.05) is 47.1 Å². The Kier molecular flexibility index (Phi) is 6.42. The van der Waals surface area contributed by atoms with E-state index in [4.69, 9.17) is 23.2 Å². The van der Waals surface area contributed by atoms with E-state index in [9.17, 15) is 19.7 Å². The first kappa shape index (κ1) is 22.2. The minimum absolute atomic E-state index is 0.107. The lowest BCUT2D eigenvalue weighted by atomic mass is 10.2. The molecule has 162 valence electrons. The number of nitro groups is 1. The second-order valence-electron chi connectivity index (χ2n) is 6.25. The lowest BCUT2D eigenvalue weighted by molar-refractivity contribution is -0.380. The topological polar surface area (TPSA) is 120 Å². The van der Waals surface area contributed by atoms with E-state index in [0.717, 1.165) is 29.3 Å². The quantitative estimate of drug-likeness (QED) is 0.172. The highest BCUT2D eigenvalue weighted by molar-refractivity contribution is 7.99. The Morgan fingerprint density at radius 3 is 2.72 bits per heavy atom. The van der Waals surface area contributed by atoms with Crippen molar-refractivity contribution in [3.05, 3.63) is 79.2 Å². The van der Waals surface area contributed by atoms with E-state index < -0.39 is 10.8 Å². The summed E-state index contributed by atoms with van der Waals surface area (Å²) in [7, 11) is 0. The first-order chi connectivity index (χ1) is 15.3. The summed E-state index contributed by atoms with van der Waals surface area (Å²) in [5.41, 5.74) is 0.598. The Bertz CT molecular complexity index is 1420. The zero-order chi connectivity index (χ0) is 22.8. The average molecular weight is 508 g/mol. The minimum Gasteiger partial charge on any atom is -0.301 e. The first-order valence-corrected chi connectivity index (χ1v) is 11.4. The Labute approximate surface area is 198 Å². The third kappa shape index (κ3) is 4.60. The van der Waals surface area contributed by atoms with Crippen LogP contribution in [0.5, 0.6) is 0 Å². The molecule has 4 rings (SSSR count). The van der Waals surface area contributed by atoms with Gasteiger partial charge in [0.1, 0.15) is 6.20 Å². The molecule has 0 fully saturated rings. The number of carbonyl (C=O) groups is 1. The van der Waals surface area contributed by atoms with Crippen molar-refractivity contribution in [2.45, 2.75) is 5.16 Å². The van der Waals surface area contributed by atoms with E-state index in [1.54, 1.807) is 42.5 Å². The van der Waals surface area contributed by atoms with Gasteiger partial charge in [-0.05, 0) is 41.7 Å². The van der Waals surface area contributed by atoms with Gasteiger partial charge in [-0.3, -0.25) is 24.3 Å². The third-order valence-electron chi connectivity index (χ3n) is 4.16. The number of nitrogens with one attached hydrogen (secondary N) is 1. The van der Waals surface area contributed by atoms with Gasteiger partial charge in [0.2, 0.25) is 5.91 Å². The zero-order valence-electron chi connectivity index (χ0n) is 15.8. The molecular formula is C19H11Cl2N5O4S2. The number of thiazole rings is 1. The Hall–Kier alpha value is -2.99. The summed E-state index contributed by atoms with van der Waals surface area (Å²) in [5, 5.41) is 14.5. The number of fused-ring (bicyclic) bond motifs is 1. The summed E-state index contributed by atoms with van der Waals surface area (Å²) in [4.78, 5) is 44.1. The number of rotatable bonds is 6. The summed E-state index contributed by atoms with van der Waals surface area (Å²) in [5.74, 6) is -0.568. The van der Waals surface area contributed by atoms with Gasteiger partial charge in [-0.25, -0.2) is 9.97 Å². The Balaban J connectivity index is 1.66. The van der Waals surface area contributed by atoms with Crippen LogP contribution in [0.15, 0.2) is 58.6 Å². The van der Waals surface area contributed by atoms with Crippen molar-refractivity contribution < 1.29 is 9.72 Å². The SMILES string of the molecule is O=C(CSc1nc2ccccc2c(=O)n1-c1ccc(Cl)c(Cl)c1)Nc1ncc([N+](=O)[O-])s1. The predicted molar refractivity (Wildman–Crippen MR) is 125 cm³/mol. The summed E-state index contributed by atoms with van der Waals surface area (Å²) in [6.45, 7) is 0. The number of amides is 1. The Morgan fingerprint density at radius 2 is 2.00 bits per heavy atom. The van der Waals surface area contributed by atoms with Crippen LogP contribution in [0.3, 0.4) is 0 Å². The maximum atomic E-state index is 13.2. The number of hydrogen-bond donors (Lipinski definition) is 1. The number of anilines is 1. The number of para-hydroxylation sites is 1. The summed E-state index contributed by atoms with van der Waals surface area (Å²) in [6.07, 6.45) is 1.07. The van der Waals surface area contributed by atoms with Crippen LogP contribution >= 0.6 is 46.3 Å². The summed E-state index contributed by atoms with van der Waals surface area (Å²) < 4.78 is 1.36. The lowest BCUT2D eigenvalue weighted by Gasteiger charge is -2.13. The maximum Gasteiger partial charge on any atom is 0.345 e. The van der Waals surface area contributed by atoms with Gasteiger partial charge in [0.05, 0.1) is 37.3 Å². The van der Waals surface area contributed by atoms with E-state index in [1.165, 1.54) is 4.57 Å². The van der Waals surface area contributed by atoms with Crippen LogP contribution in [0.2, 0.25) is 10.0 Å². The Morgan fingerprint density at radius 1 is 1.22 bits per heavy atom. The molecule has 2 aromatic carbocycles. The van der Waals surface area contributed by atoms with Gasteiger partial charge in [0.15, 0.2) is 10.3 Å². The van der Waals surface area contributed by atoms with Crippen molar-refractivity contribution >= 4 is 73.2 Å². The van der Waals surface area contributed by atoms with E-state index in [0.29, 0.717) is 21.6 Å². The van der Waals surface area contributed by atoms with Crippen LogP contribution < -0.4 is 10.9 Å². The fourth-order valence-corrected chi connectivity index (χ4v) is 4.51. The molecule has 0 bridgehead atoms. The van der Waals surface area contributed by atoms with Gasteiger partial charge < -0.3 is 5.32 Å². The van der Waals surface area contributed by atoms with Crippen LogP contribution in [0, 0.1) is 10.1 Å². The van der Waals surface area contributed by atoms with Crippen molar-refractivity contribution in [1.29, 1.82) is 0 Å². The van der Waals surface area contributed by atoms with Gasteiger partial charge >= 0.3 is 5.00 Å². The van der Waals surface area contributed by atoms with Gasteiger partial charge in [0.25, 0.3) is 5.56 Å². The summed E-state index contributed by atoms with van der Waals surface area (Å²) in [6, 6.07) is 11.6. The fraction of sp³-hybridized carbons (Fsp3) is 0.0526. The minimum atomic E-state index is -0.586. The molecule has 13 heteroatoms. The molecule has 2 heterocycles. The monoisotopic (exact) mass is 507 g/mol. The molecule has 4 aromatic rings. The van der Waals surface area contributed by atoms with Gasteiger partial charge in [-0.2, -0.15) is 0 Å². The van der Waals surface area contributed by atoms with E-state index in [-0.39, 0.29) is 31.6 Å². The molecule has 0 saturated heterocycles. The highest BCUT2D eigenvalue weighted by atomic mass is 35.5. The molecule has 32 heavy (non-hydrogen) atoms. The number of thioether (sulfide) groups is 1. The number of benzene rings is 2. The smallest absolute Gasteiger partial charge is 0.301 e. The molecule has 1 N–H and O–H groups in total. The molecule has 9 nitrogen and oxygen atoms in total. The van der Waals surface area contributed by atoms with Crippen molar-refractivity contribution in [2.75, 3.05) is 11.1 Å². The molecule has 0 unspecified atom stereocenters. The fourth-order valence-electron chi connectivity index (χ4n) is 2.75. The molecular weight excluding hydrogens is 497 g/mol. The lowest BCUT2D eigenvalue weighted by Crippen LogP contribution is -2.23. The maximum absolute atomic E-state index is 13.2.